The SMILES string of the molecule is COCN[S@@+]([O-])C(C)(C)C. The first-order chi connectivity index (χ1) is 4.48. The zero-order valence-electron chi connectivity index (χ0n) is 6.93. The molecule has 3 nitrogen and oxygen atoms in total. The minimum Gasteiger partial charge on any atom is -0.598 e. The molecular weight excluding hydrogens is 150 g/mol. The van der Waals surface area contributed by atoms with E-state index in [1.807, 2.05) is 20.8 Å². The number of hydrogen-bond acceptors (Lipinski definition) is 3. The van der Waals surface area contributed by atoms with Crippen molar-refractivity contribution in [3.05, 3.63) is 0 Å². The van der Waals surface area contributed by atoms with E-state index in [-0.39, 0.29) is 4.75 Å². The van der Waals surface area contributed by atoms with Gasteiger partial charge < -0.3 is 9.29 Å². The topological polar surface area (TPSA) is 44.3 Å². The van der Waals surface area contributed by atoms with Gasteiger partial charge in [0.15, 0.2) is 0 Å². The van der Waals surface area contributed by atoms with Crippen LogP contribution in [0.2, 0.25) is 0 Å². The fraction of sp³-hybridized carbons (Fsp3) is 1.00. The Kier molecular flexibility index (Phi) is 4.28. The van der Waals surface area contributed by atoms with Crippen molar-refractivity contribution in [2.75, 3.05) is 13.8 Å². The molecular formula is C6H15NO2S. The maximum Gasteiger partial charge on any atom is 0.139 e. The molecule has 4 heteroatoms. The fourth-order valence-corrected chi connectivity index (χ4v) is 0.987. The van der Waals surface area contributed by atoms with Crippen molar-refractivity contribution in [3.63, 3.8) is 0 Å². The van der Waals surface area contributed by atoms with Crippen molar-refractivity contribution < 1.29 is 9.29 Å². The molecule has 0 radical (unpaired) electrons. The summed E-state index contributed by atoms with van der Waals surface area (Å²) in [7, 11) is 1.56. The van der Waals surface area contributed by atoms with E-state index in [0.29, 0.717) is 6.73 Å². The van der Waals surface area contributed by atoms with Crippen molar-refractivity contribution in [1.29, 1.82) is 0 Å². The van der Waals surface area contributed by atoms with E-state index >= 15 is 0 Å². The van der Waals surface area contributed by atoms with E-state index in [1.165, 1.54) is 0 Å². The molecule has 0 fully saturated rings. The van der Waals surface area contributed by atoms with Gasteiger partial charge in [0.1, 0.15) is 11.5 Å². The van der Waals surface area contributed by atoms with Crippen molar-refractivity contribution >= 4 is 11.4 Å². The van der Waals surface area contributed by atoms with Crippen molar-refractivity contribution in [1.82, 2.24) is 4.72 Å². The van der Waals surface area contributed by atoms with Gasteiger partial charge in [0, 0.05) is 18.5 Å². The molecule has 0 aliphatic heterocycles. The quantitative estimate of drug-likeness (QED) is 0.493. The van der Waals surface area contributed by atoms with Crippen LogP contribution in [-0.4, -0.2) is 23.1 Å². The highest BCUT2D eigenvalue weighted by Gasteiger charge is 2.25. The maximum absolute atomic E-state index is 11.1. The minimum atomic E-state index is -1.01. The van der Waals surface area contributed by atoms with Crippen LogP contribution in [0.15, 0.2) is 0 Å². The van der Waals surface area contributed by atoms with E-state index in [0.717, 1.165) is 0 Å². The molecule has 0 amide bonds. The van der Waals surface area contributed by atoms with E-state index in [1.54, 1.807) is 7.11 Å². The summed E-state index contributed by atoms with van der Waals surface area (Å²) in [6, 6.07) is 0. The summed E-state index contributed by atoms with van der Waals surface area (Å²) in [5, 5.41) is 0. The molecule has 0 aromatic rings. The molecule has 1 atom stereocenters. The molecule has 1 N–H and O–H groups in total. The van der Waals surface area contributed by atoms with Gasteiger partial charge in [-0.05, 0) is 20.8 Å². The molecule has 0 aromatic heterocycles. The molecule has 0 aliphatic rings. The molecule has 0 aromatic carbocycles. The zero-order chi connectivity index (χ0) is 8.20. The summed E-state index contributed by atoms with van der Waals surface area (Å²) in [5.74, 6) is 0. The predicted molar refractivity (Wildman–Crippen MR) is 42.9 cm³/mol. The van der Waals surface area contributed by atoms with E-state index < -0.39 is 11.4 Å². The molecule has 10 heavy (non-hydrogen) atoms. The van der Waals surface area contributed by atoms with Gasteiger partial charge in [-0.1, -0.05) is 0 Å². The van der Waals surface area contributed by atoms with E-state index in [9.17, 15) is 4.55 Å². The molecule has 0 rings (SSSR count). The zero-order valence-corrected chi connectivity index (χ0v) is 7.75. The molecule has 0 saturated heterocycles. The van der Waals surface area contributed by atoms with Crippen LogP contribution in [0.5, 0.6) is 0 Å². The highest BCUT2D eigenvalue weighted by molar-refractivity contribution is 7.90. The summed E-state index contributed by atoms with van der Waals surface area (Å²) in [6.07, 6.45) is 0. The van der Waals surface area contributed by atoms with Crippen LogP contribution in [0.4, 0.5) is 0 Å². The van der Waals surface area contributed by atoms with Gasteiger partial charge in [0.05, 0.1) is 0 Å². The van der Waals surface area contributed by atoms with Crippen LogP contribution < -0.4 is 4.72 Å². The van der Waals surface area contributed by atoms with Gasteiger partial charge in [-0.15, -0.1) is 4.72 Å². The Morgan fingerprint density at radius 1 is 1.50 bits per heavy atom. The number of rotatable bonds is 3. The summed E-state index contributed by atoms with van der Waals surface area (Å²) >= 11 is -1.01. The minimum absolute atomic E-state index is 0.210. The van der Waals surface area contributed by atoms with Crippen LogP contribution in [0, 0.1) is 0 Å². The lowest BCUT2D eigenvalue weighted by Gasteiger charge is -2.22. The van der Waals surface area contributed by atoms with Gasteiger partial charge in [0.2, 0.25) is 0 Å². The maximum atomic E-state index is 11.1. The van der Waals surface area contributed by atoms with Crippen LogP contribution >= 0.6 is 0 Å². The Hall–Kier alpha value is 0.230. The van der Waals surface area contributed by atoms with Gasteiger partial charge in [-0.2, -0.15) is 0 Å². The smallest absolute Gasteiger partial charge is 0.139 e. The number of nitrogens with one attached hydrogen (secondary N) is 1. The first-order valence-corrected chi connectivity index (χ1v) is 4.28. The molecule has 0 aliphatic carbocycles. The second-order valence-corrected chi connectivity index (χ2v) is 5.01. The summed E-state index contributed by atoms with van der Waals surface area (Å²) in [4.78, 5) is 0. The molecule has 0 heterocycles. The van der Waals surface area contributed by atoms with E-state index in [2.05, 4.69) is 4.72 Å². The highest BCUT2D eigenvalue weighted by atomic mass is 32.2. The largest absolute Gasteiger partial charge is 0.598 e. The van der Waals surface area contributed by atoms with Gasteiger partial charge in [0.25, 0.3) is 0 Å². The average molecular weight is 165 g/mol. The average Bonchev–Trinajstić information content (AvgIpc) is 1.80. The number of methoxy groups -OCH3 is 1. The lowest BCUT2D eigenvalue weighted by Crippen LogP contribution is -2.40. The van der Waals surface area contributed by atoms with Crippen molar-refractivity contribution in [3.8, 4) is 0 Å². The standard InChI is InChI=1S/C6H15NO2S/c1-6(2,3)10(8)7-5-9-4/h7H,5H2,1-4H3/t10-/m0/s1. The van der Waals surface area contributed by atoms with Crippen LogP contribution in [0.3, 0.4) is 0 Å². The van der Waals surface area contributed by atoms with Gasteiger partial charge >= 0.3 is 0 Å². The Morgan fingerprint density at radius 3 is 2.30 bits per heavy atom. The molecule has 0 saturated carbocycles. The normalized spacial score (nSPS) is 15.3. The number of ether oxygens (including phenoxy) is 1. The third-order valence-electron chi connectivity index (χ3n) is 0.891. The Bertz CT molecular complexity index is 92.2. The molecule has 0 spiro atoms. The van der Waals surface area contributed by atoms with E-state index in [4.69, 9.17) is 4.74 Å². The summed E-state index contributed by atoms with van der Waals surface area (Å²) in [6.45, 7) is 6.06. The summed E-state index contributed by atoms with van der Waals surface area (Å²) in [5.41, 5.74) is 0. The number of hydrogen-bond donors (Lipinski definition) is 1. The Balaban J connectivity index is 3.52. The molecule has 62 valence electrons. The van der Waals surface area contributed by atoms with Crippen LogP contribution in [0.1, 0.15) is 20.8 Å². The predicted octanol–water partition coefficient (Wildman–Crippen LogP) is 0.642. The molecule has 0 unspecified atom stereocenters. The first kappa shape index (κ1) is 10.2. The van der Waals surface area contributed by atoms with Crippen molar-refractivity contribution in [2.24, 2.45) is 0 Å². The van der Waals surface area contributed by atoms with Crippen LogP contribution in [0.25, 0.3) is 0 Å². The second-order valence-electron chi connectivity index (χ2n) is 2.96. The third-order valence-corrected chi connectivity index (χ3v) is 2.38. The Morgan fingerprint density at radius 2 is 2.00 bits per heavy atom. The fourth-order valence-electron chi connectivity index (χ4n) is 0.329. The van der Waals surface area contributed by atoms with Crippen molar-refractivity contribution in [2.45, 2.75) is 25.5 Å². The highest BCUT2D eigenvalue weighted by Crippen LogP contribution is 2.12. The lowest BCUT2D eigenvalue weighted by molar-refractivity contribution is 0.193. The monoisotopic (exact) mass is 165 g/mol. The van der Waals surface area contributed by atoms with Crippen LogP contribution in [-0.2, 0) is 16.1 Å². The second kappa shape index (κ2) is 4.18. The first-order valence-electron chi connectivity index (χ1n) is 3.13. The lowest BCUT2D eigenvalue weighted by atomic mass is 10.3. The Labute approximate surface area is 65.5 Å². The molecule has 0 bridgehead atoms. The summed E-state index contributed by atoms with van der Waals surface area (Å²) < 4.78 is 18.4. The van der Waals surface area contributed by atoms with Gasteiger partial charge in [-0.25, -0.2) is 0 Å². The third kappa shape index (κ3) is 4.11. The van der Waals surface area contributed by atoms with Gasteiger partial charge in [-0.3, -0.25) is 0 Å².